The molecule has 0 N–H and O–H groups in total. The molecule has 0 fully saturated rings. The fourth-order valence-electron chi connectivity index (χ4n) is 2.28. The molecule has 0 aliphatic rings. The van der Waals surface area contributed by atoms with Crippen LogP contribution in [0, 0.1) is 0 Å². The number of fused-ring (bicyclic) bond motifs is 1. The lowest BCUT2D eigenvalue weighted by Crippen LogP contribution is -1.98. The van der Waals surface area contributed by atoms with Gasteiger partial charge in [-0.15, -0.1) is 0 Å². The number of carbonyl (C=O) groups excluding carboxylic acids is 1. The molecule has 0 aliphatic heterocycles. The van der Waals surface area contributed by atoms with Crippen LogP contribution in [0.25, 0.3) is 22.8 Å². The van der Waals surface area contributed by atoms with Gasteiger partial charge in [-0.05, 0) is 24.3 Å². The van der Waals surface area contributed by atoms with Gasteiger partial charge in [-0.2, -0.15) is 0 Å². The second-order valence-corrected chi connectivity index (χ2v) is 4.85. The van der Waals surface area contributed by atoms with Gasteiger partial charge in [0.2, 0.25) is 5.78 Å². The van der Waals surface area contributed by atoms with E-state index in [1.54, 1.807) is 24.3 Å². The van der Waals surface area contributed by atoms with Gasteiger partial charge in [0, 0.05) is 5.56 Å². The maximum atomic E-state index is 12.3. The van der Waals surface area contributed by atoms with Gasteiger partial charge >= 0.3 is 0 Å². The first kappa shape index (κ1) is 12.6. The summed E-state index contributed by atoms with van der Waals surface area (Å²) in [6.07, 6.45) is 0. The average molecular weight is 289 g/mol. The molecule has 22 heavy (non-hydrogen) atoms. The molecule has 0 saturated heterocycles. The Morgan fingerprint density at radius 2 is 1.59 bits per heavy atom. The van der Waals surface area contributed by atoms with Gasteiger partial charge in [-0.3, -0.25) is 4.79 Å². The Morgan fingerprint density at radius 1 is 0.818 bits per heavy atom. The summed E-state index contributed by atoms with van der Waals surface area (Å²) in [7, 11) is 0. The molecule has 2 aromatic carbocycles. The van der Waals surface area contributed by atoms with Gasteiger partial charge < -0.3 is 8.83 Å². The first-order chi connectivity index (χ1) is 10.8. The van der Waals surface area contributed by atoms with Gasteiger partial charge in [-0.25, -0.2) is 4.98 Å². The summed E-state index contributed by atoms with van der Waals surface area (Å²) in [5.74, 6) is 0.912. The minimum atomic E-state index is -0.164. The van der Waals surface area contributed by atoms with E-state index in [1.165, 1.54) is 0 Å². The van der Waals surface area contributed by atoms with E-state index in [-0.39, 0.29) is 11.5 Å². The number of aromatic nitrogens is 1. The highest BCUT2D eigenvalue weighted by Gasteiger charge is 2.17. The van der Waals surface area contributed by atoms with E-state index in [0.717, 1.165) is 5.52 Å². The first-order valence-corrected chi connectivity index (χ1v) is 6.87. The Labute approximate surface area is 126 Å². The number of nitrogens with zero attached hydrogens (tertiary/aromatic N) is 1. The molecule has 4 aromatic rings. The second kappa shape index (κ2) is 5.00. The van der Waals surface area contributed by atoms with Crippen LogP contribution in [0.2, 0.25) is 0 Å². The van der Waals surface area contributed by atoms with Crippen LogP contribution in [0.5, 0.6) is 0 Å². The Hall–Kier alpha value is -3.14. The third kappa shape index (κ3) is 2.11. The quantitative estimate of drug-likeness (QED) is 0.527. The predicted octanol–water partition coefficient (Wildman–Crippen LogP) is 4.32. The predicted molar refractivity (Wildman–Crippen MR) is 81.6 cm³/mol. The highest BCUT2D eigenvalue weighted by molar-refractivity contribution is 6.07. The first-order valence-electron chi connectivity index (χ1n) is 6.87. The number of hydrogen-bond donors (Lipinski definition) is 0. The van der Waals surface area contributed by atoms with E-state index in [1.807, 2.05) is 42.5 Å². The summed E-state index contributed by atoms with van der Waals surface area (Å²) in [5.41, 5.74) is 2.02. The summed E-state index contributed by atoms with van der Waals surface area (Å²) in [6, 6.07) is 19.8. The van der Waals surface area contributed by atoms with E-state index >= 15 is 0 Å². The van der Waals surface area contributed by atoms with E-state index in [2.05, 4.69) is 4.98 Å². The number of furan rings is 1. The smallest absolute Gasteiger partial charge is 0.263 e. The van der Waals surface area contributed by atoms with Crippen LogP contribution in [0.3, 0.4) is 0 Å². The normalized spacial score (nSPS) is 10.9. The number of ketones is 1. The minimum Gasteiger partial charge on any atom is -0.448 e. The zero-order valence-corrected chi connectivity index (χ0v) is 11.5. The third-order valence-corrected chi connectivity index (χ3v) is 3.37. The Balaban J connectivity index is 1.70. The van der Waals surface area contributed by atoms with Crippen LogP contribution in [-0.2, 0) is 0 Å². The number of carbonyl (C=O) groups is 1. The van der Waals surface area contributed by atoms with Crippen LogP contribution in [0.4, 0.5) is 0 Å². The van der Waals surface area contributed by atoms with E-state index < -0.39 is 0 Å². The topological polar surface area (TPSA) is 56.2 Å². The van der Waals surface area contributed by atoms with E-state index in [9.17, 15) is 4.79 Å². The van der Waals surface area contributed by atoms with Crippen molar-refractivity contribution in [2.24, 2.45) is 0 Å². The number of hydrogen-bond acceptors (Lipinski definition) is 4. The van der Waals surface area contributed by atoms with Crippen molar-refractivity contribution in [2.45, 2.75) is 0 Å². The van der Waals surface area contributed by atoms with Gasteiger partial charge in [-0.1, -0.05) is 42.5 Å². The number of rotatable bonds is 3. The molecule has 2 heterocycles. The monoisotopic (exact) mass is 289 g/mol. The molecule has 0 atom stereocenters. The fourth-order valence-corrected chi connectivity index (χ4v) is 2.28. The number of benzene rings is 2. The summed E-state index contributed by atoms with van der Waals surface area (Å²) < 4.78 is 11.2. The third-order valence-electron chi connectivity index (χ3n) is 3.37. The van der Waals surface area contributed by atoms with Gasteiger partial charge in [0.1, 0.15) is 5.52 Å². The molecule has 0 spiro atoms. The molecule has 4 nitrogen and oxygen atoms in total. The van der Waals surface area contributed by atoms with Crippen molar-refractivity contribution in [3.63, 3.8) is 0 Å². The SMILES string of the molecule is O=C(c1ccccc1)c1ccc(-c2nc3ccccc3o2)o1. The summed E-state index contributed by atoms with van der Waals surface area (Å²) >= 11 is 0. The highest BCUT2D eigenvalue weighted by atomic mass is 16.4. The second-order valence-electron chi connectivity index (χ2n) is 4.85. The summed E-state index contributed by atoms with van der Waals surface area (Å²) in [5, 5.41) is 0. The highest BCUT2D eigenvalue weighted by Crippen LogP contribution is 2.26. The largest absolute Gasteiger partial charge is 0.448 e. The molecule has 0 unspecified atom stereocenters. The molecule has 4 rings (SSSR count). The van der Waals surface area contributed by atoms with E-state index in [0.29, 0.717) is 22.8 Å². The Kier molecular flexibility index (Phi) is 2.86. The Morgan fingerprint density at radius 3 is 2.41 bits per heavy atom. The summed E-state index contributed by atoms with van der Waals surface area (Å²) in [4.78, 5) is 16.7. The summed E-state index contributed by atoms with van der Waals surface area (Å²) in [6.45, 7) is 0. The van der Waals surface area contributed by atoms with Crippen molar-refractivity contribution in [1.29, 1.82) is 0 Å². The van der Waals surface area contributed by atoms with Gasteiger partial charge in [0.05, 0.1) is 0 Å². The lowest BCUT2D eigenvalue weighted by Gasteiger charge is -1.96. The van der Waals surface area contributed by atoms with Crippen molar-refractivity contribution in [2.75, 3.05) is 0 Å². The van der Waals surface area contributed by atoms with Crippen molar-refractivity contribution in [3.05, 3.63) is 78.1 Å². The maximum absolute atomic E-state index is 12.3. The molecule has 0 amide bonds. The molecule has 0 bridgehead atoms. The minimum absolute atomic E-state index is 0.164. The maximum Gasteiger partial charge on any atom is 0.263 e. The van der Waals surface area contributed by atoms with E-state index in [4.69, 9.17) is 8.83 Å². The van der Waals surface area contributed by atoms with Crippen LogP contribution >= 0.6 is 0 Å². The zero-order valence-electron chi connectivity index (χ0n) is 11.5. The average Bonchev–Trinajstić information content (AvgIpc) is 3.21. The molecular formula is C18H11NO3. The van der Waals surface area contributed by atoms with Crippen molar-refractivity contribution in [1.82, 2.24) is 4.98 Å². The van der Waals surface area contributed by atoms with Crippen molar-refractivity contribution in [3.8, 4) is 11.7 Å². The molecule has 0 radical (unpaired) electrons. The fraction of sp³-hybridized carbons (Fsp3) is 0. The van der Waals surface area contributed by atoms with Gasteiger partial charge in [0.15, 0.2) is 17.1 Å². The molecule has 2 aromatic heterocycles. The van der Waals surface area contributed by atoms with Crippen molar-refractivity contribution >= 4 is 16.9 Å². The number of oxazole rings is 1. The molecular weight excluding hydrogens is 278 g/mol. The van der Waals surface area contributed by atoms with Crippen LogP contribution in [0.15, 0.2) is 75.6 Å². The molecule has 4 heteroatoms. The van der Waals surface area contributed by atoms with Crippen molar-refractivity contribution < 1.29 is 13.6 Å². The van der Waals surface area contributed by atoms with Crippen LogP contribution in [0.1, 0.15) is 16.1 Å². The lowest BCUT2D eigenvalue weighted by molar-refractivity contribution is 0.101. The van der Waals surface area contributed by atoms with Crippen LogP contribution in [-0.4, -0.2) is 10.8 Å². The Bertz CT molecular complexity index is 918. The molecule has 0 saturated carbocycles. The zero-order chi connectivity index (χ0) is 14.9. The number of para-hydroxylation sites is 2. The van der Waals surface area contributed by atoms with Crippen LogP contribution < -0.4 is 0 Å². The van der Waals surface area contributed by atoms with Gasteiger partial charge in [0.25, 0.3) is 5.89 Å². The molecule has 106 valence electrons. The lowest BCUT2D eigenvalue weighted by atomic mass is 10.1. The molecule has 0 aliphatic carbocycles. The standard InChI is InChI=1S/C18H11NO3/c20-17(12-6-2-1-3-7-12)15-10-11-16(21-15)18-19-13-8-4-5-9-14(13)22-18/h1-11H.